The molecule has 48 valence electrons. The molecule has 0 amide bonds. The van der Waals surface area contributed by atoms with Crippen molar-refractivity contribution in [3.05, 3.63) is 24.0 Å². The van der Waals surface area contributed by atoms with Crippen LogP contribution in [0.25, 0.3) is 0 Å². The minimum Gasteiger partial charge on any atom is -0.396 e. The lowest BCUT2D eigenvalue weighted by atomic mass is 10.3. The second-order valence-corrected chi connectivity index (χ2v) is 1.77. The molecule has 0 fully saturated rings. The highest BCUT2D eigenvalue weighted by atomic mass is 16.1. The number of hydrogen-bond donors (Lipinski definition) is 2. The van der Waals surface area contributed by atoms with Gasteiger partial charge in [0, 0.05) is 18.8 Å². The smallest absolute Gasteiger partial charge is 0.202 e. The van der Waals surface area contributed by atoms with Gasteiger partial charge in [-0.3, -0.25) is 4.79 Å². The Kier molecular flexibility index (Phi) is 1.53. The Morgan fingerprint density at radius 2 is 2.44 bits per heavy atom. The zero-order valence-corrected chi connectivity index (χ0v) is 4.92. The zero-order chi connectivity index (χ0) is 6.69. The monoisotopic (exact) mass is 124 g/mol. The normalized spacial score (nSPS) is 18.2. The van der Waals surface area contributed by atoms with Gasteiger partial charge >= 0.3 is 0 Å². The third-order valence-electron chi connectivity index (χ3n) is 1.08. The molecule has 0 aromatic carbocycles. The van der Waals surface area contributed by atoms with Gasteiger partial charge in [-0.1, -0.05) is 0 Å². The summed E-state index contributed by atoms with van der Waals surface area (Å²) in [6, 6.07) is 0. The Hall–Kier alpha value is -1.25. The van der Waals surface area contributed by atoms with Gasteiger partial charge in [-0.05, 0) is 6.08 Å². The number of rotatable bonds is 0. The average molecular weight is 124 g/mol. The van der Waals surface area contributed by atoms with Crippen LogP contribution in [-0.2, 0) is 4.79 Å². The molecule has 0 bridgehead atoms. The van der Waals surface area contributed by atoms with Crippen LogP contribution in [0.4, 0.5) is 0 Å². The number of carbonyl (C=O) groups excluding carboxylic acids is 1. The predicted molar refractivity (Wildman–Crippen MR) is 34.4 cm³/mol. The van der Waals surface area contributed by atoms with Crippen molar-refractivity contribution in [2.45, 2.75) is 0 Å². The van der Waals surface area contributed by atoms with Crippen molar-refractivity contribution in [2.24, 2.45) is 5.73 Å². The third kappa shape index (κ3) is 1.32. The molecular formula is C6H8N2O. The second-order valence-electron chi connectivity index (χ2n) is 1.77. The van der Waals surface area contributed by atoms with Gasteiger partial charge in [0.1, 0.15) is 0 Å². The maximum atomic E-state index is 10.7. The molecule has 0 atom stereocenters. The van der Waals surface area contributed by atoms with Gasteiger partial charge in [0.25, 0.3) is 0 Å². The molecule has 1 rings (SSSR count). The summed E-state index contributed by atoms with van der Waals surface area (Å²) < 4.78 is 0. The number of nitrogens with two attached hydrogens (primary N) is 1. The number of nitrogens with one attached hydrogen (secondary N) is 1. The van der Waals surface area contributed by atoms with Crippen LogP contribution in [0.3, 0.4) is 0 Å². The van der Waals surface area contributed by atoms with Crippen molar-refractivity contribution in [3.63, 3.8) is 0 Å². The molecule has 0 aromatic rings. The van der Waals surface area contributed by atoms with Crippen LogP contribution in [0.2, 0.25) is 0 Å². The van der Waals surface area contributed by atoms with E-state index in [-0.39, 0.29) is 5.78 Å². The Labute approximate surface area is 53.2 Å². The Balaban J connectivity index is 2.78. The summed E-state index contributed by atoms with van der Waals surface area (Å²) in [5, 5.41) is 2.85. The van der Waals surface area contributed by atoms with E-state index in [1.54, 1.807) is 12.3 Å². The van der Waals surface area contributed by atoms with E-state index in [9.17, 15) is 4.79 Å². The highest BCUT2D eigenvalue weighted by Gasteiger charge is 2.00. The lowest BCUT2D eigenvalue weighted by molar-refractivity contribution is -0.111. The van der Waals surface area contributed by atoms with Crippen LogP contribution in [0, 0.1) is 0 Å². The van der Waals surface area contributed by atoms with E-state index in [4.69, 9.17) is 5.73 Å². The molecule has 1 heterocycles. The van der Waals surface area contributed by atoms with Crippen molar-refractivity contribution in [1.82, 2.24) is 5.32 Å². The molecule has 3 heteroatoms. The summed E-state index contributed by atoms with van der Waals surface area (Å²) in [4.78, 5) is 10.7. The fraction of sp³-hybridized carbons (Fsp3) is 0.167. The van der Waals surface area contributed by atoms with Crippen molar-refractivity contribution in [3.8, 4) is 0 Å². The quantitative estimate of drug-likeness (QED) is 0.458. The van der Waals surface area contributed by atoms with Crippen molar-refractivity contribution >= 4 is 5.78 Å². The molecule has 0 spiro atoms. The number of carbonyl (C=O) groups is 1. The van der Waals surface area contributed by atoms with Gasteiger partial charge < -0.3 is 11.1 Å². The molecule has 1 aliphatic rings. The van der Waals surface area contributed by atoms with Gasteiger partial charge in [-0.2, -0.15) is 0 Å². The van der Waals surface area contributed by atoms with E-state index in [0.717, 1.165) is 0 Å². The number of hydrogen-bond acceptors (Lipinski definition) is 3. The summed E-state index contributed by atoms with van der Waals surface area (Å²) >= 11 is 0. The highest BCUT2D eigenvalue weighted by molar-refractivity contribution is 6.03. The highest BCUT2D eigenvalue weighted by Crippen LogP contribution is 1.90. The topological polar surface area (TPSA) is 55.1 Å². The van der Waals surface area contributed by atoms with Gasteiger partial charge in [0.15, 0.2) is 0 Å². The molecule has 3 nitrogen and oxygen atoms in total. The fourth-order valence-electron chi connectivity index (χ4n) is 0.568. The first-order valence-electron chi connectivity index (χ1n) is 2.70. The second kappa shape index (κ2) is 2.35. The summed E-state index contributed by atoms with van der Waals surface area (Å²) in [6.45, 7) is 0.633. The molecule has 0 radical (unpaired) electrons. The minimum atomic E-state index is -0.125. The van der Waals surface area contributed by atoms with Gasteiger partial charge in [0.2, 0.25) is 5.78 Å². The molecule has 0 aromatic heterocycles. The van der Waals surface area contributed by atoms with Crippen molar-refractivity contribution in [1.29, 1.82) is 0 Å². The maximum Gasteiger partial charge on any atom is 0.202 e. The molecule has 9 heavy (non-hydrogen) atoms. The zero-order valence-electron chi connectivity index (χ0n) is 4.92. The molecule has 3 N–H and O–H groups in total. The molecular weight excluding hydrogens is 116 g/mol. The Morgan fingerprint density at radius 3 is 3.22 bits per heavy atom. The minimum absolute atomic E-state index is 0.125. The van der Waals surface area contributed by atoms with Crippen LogP contribution < -0.4 is 11.1 Å². The van der Waals surface area contributed by atoms with E-state index in [1.165, 1.54) is 6.08 Å². The van der Waals surface area contributed by atoms with Crippen LogP contribution in [0.15, 0.2) is 24.0 Å². The number of allylic oxidation sites excluding steroid dienone is 1. The lowest BCUT2D eigenvalue weighted by Crippen LogP contribution is -2.08. The molecule has 1 aliphatic heterocycles. The third-order valence-corrected chi connectivity index (χ3v) is 1.08. The summed E-state index contributed by atoms with van der Waals surface area (Å²) in [5.41, 5.74) is 5.61. The van der Waals surface area contributed by atoms with E-state index >= 15 is 0 Å². The standard InChI is InChI=1S/C6H8N2O/c7-5-1-3-8-4-2-6(5)9/h1-2,4,8H,3,7H2. The first-order chi connectivity index (χ1) is 4.30. The summed E-state index contributed by atoms with van der Waals surface area (Å²) in [5.74, 6) is -0.125. The Morgan fingerprint density at radius 1 is 1.67 bits per heavy atom. The summed E-state index contributed by atoms with van der Waals surface area (Å²) in [7, 11) is 0. The van der Waals surface area contributed by atoms with Crippen LogP contribution in [-0.4, -0.2) is 12.3 Å². The SMILES string of the molecule is NC1=CCNC=CC1=O. The maximum absolute atomic E-state index is 10.7. The number of ketones is 1. The Bertz CT molecular complexity index is 181. The largest absolute Gasteiger partial charge is 0.396 e. The molecule has 0 saturated carbocycles. The van der Waals surface area contributed by atoms with Gasteiger partial charge in [-0.25, -0.2) is 0 Å². The van der Waals surface area contributed by atoms with Crippen LogP contribution in [0.1, 0.15) is 0 Å². The first kappa shape index (κ1) is 5.88. The molecule has 0 aliphatic carbocycles. The molecule has 0 unspecified atom stereocenters. The van der Waals surface area contributed by atoms with E-state index < -0.39 is 0 Å². The van der Waals surface area contributed by atoms with Crippen LogP contribution in [0.5, 0.6) is 0 Å². The van der Waals surface area contributed by atoms with E-state index in [1.807, 2.05) is 0 Å². The summed E-state index contributed by atoms with van der Waals surface area (Å²) in [6.07, 6.45) is 4.67. The first-order valence-corrected chi connectivity index (χ1v) is 2.70. The van der Waals surface area contributed by atoms with Gasteiger partial charge in [0.05, 0.1) is 5.70 Å². The van der Waals surface area contributed by atoms with Crippen molar-refractivity contribution < 1.29 is 4.79 Å². The van der Waals surface area contributed by atoms with Gasteiger partial charge in [-0.15, -0.1) is 0 Å². The molecule has 0 saturated heterocycles. The van der Waals surface area contributed by atoms with Crippen LogP contribution >= 0.6 is 0 Å². The van der Waals surface area contributed by atoms with E-state index in [2.05, 4.69) is 5.32 Å². The fourth-order valence-corrected chi connectivity index (χ4v) is 0.568. The average Bonchev–Trinajstić information content (AvgIpc) is 1.99. The van der Waals surface area contributed by atoms with E-state index in [0.29, 0.717) is 12.2 Å². The predicted octanol–water partition coefficient (Wildman–Crippen LogP) is -0.485. The lowest BCUT2D eigenvalue weighted by Gasteiger charge is -1.89. The van der Waals surface area contributed by atoms with Crippen molar-refractivity contribution in [2.75, 3.05) is 6.54 Å².